The van der Waals surface area contributed by atoms with Gasteiger partial charge >= 0.3 is 0 Å². The second kappa shape index (κ2) is 9.49. The molecular weight excluding hydrogens is 482 g/mol. The standard InChI is InChI=1S/C21H16F6N6S/c1-10-3-13(22)15(32-8-28-20(30-32)18(24)25)5-12(10)7-34-17-6-16(14(23)4-11(17)2)33-9-29-21(31-33)19(26)27/h3-6,8-9,18-19H,7H2,1-2H3. The van der Waals surface area contributed by atoms with Gasteiger partial charge in [0, 0.05) is 10.6 Å². The Morgan fingerprint density at radius 1 is 0.765 bits per heavy atom. The summed E-state index contributed by atoms with van der Waals surface area (Å²) < 4.78 is 82.1. The Bertz CT molecular complexity index is 1230. The SMILES string of the molecule is Cc1cc(F)c(-n2cnc(C(F)F)n2)cc1CSc1cc(-n2cnc(C(F)F)n2)c(F)cc1C. The summed E-state index contributed by atoms with van der Waals surface area (Å²) in [4.78, 5) is 7.60. The predicted molar refractivity (Wildman–Crippen MR) is 112 cm³/mol. The van der Waals surface area contributed by atoms with Gasteiger partial charge in [0.15, 0.2) is 0 Å². The molecule has 0 saturated carbocycles. The summed E-state index contributed by atoms with van der Waals surface area (Å²) in [6.45, 7) is 3.38. The van der Waals surface area contributed by atoms with E-state index in [0.29, 0.717) is 27.3 Å². The van der Waals surface area contributed by atoms with Crippen LogP contribution in [0.3, 0.4) is 0 Å². The van der Waals surface area contributed by atoms with E-state index in [4.69, 9.17) is 0 Å². The van der Waals surface area contributed by atoms with Gasteiger partial charge in [0.05, 0.1) is 0 Å². The van der Waals surface area contributed by atoms with E-state index in [-0.39, 0.29) is 11.4 Å². The van der Waals surface area contributed by atoms with E-state index >= 15 is 0 Å². The second-order valence-electron chi connectivity index (χ2n) is 7.28. The lowest BCUT2D eigenvalue weighted by molar-refractivity contribution is 0.140. The van der Waals surface area contributed by atoms with E-state index in [0.717, 1.165) is 22.0 Å². The number of nitrogens with zero attached hydrogens (tertiary/aromatic N) is 6. The monoisotopic (exact) mass is 498 g/mol. The Labute approximate surface area is 193 Å². The molecular formula is C21H16F6N6S. The second-order valence-corrected chi connectivity index (χ2v) is 8.30. The number of alkyl halides is 4. The van der Waals surface area contributed by atoms with Crippen molar-refractivity contribution in [3.63, 3.8) is 0 Å². The largest absolute Gasteiger partial charge is 0.299 e. The van der Waals surface area contributed by atoms with E-state index in [1.54, 1.807) is 13.8 Å². The van der Waals surface area contributed by atoms with Crippen LogP contribution in [-0.4, -0.2) is 29.5 Å². The van der Waals surface area contributed by atoms with Crippen molar-refractivity contribution in [2.75, 3.05) is 0 Å². The fraction of sp³-hybridized carbons (Fsp3) is 0.238. The minimum Gasteiger partial charge on any atom is -0.218 e. The molecule has 4 rings (SSSR count). The number of aryl methyl sites for hydroxylation is 2. The van der Waals surface area contributed by atoms with E-state index in [9.17, 15) is 26.3 Å². The lowest BCUT2D eigenvalue weighted by Crippen LogP contribution is -2.03. The van der Waals surface area contributed by atoms with Crippen LogP contribution < -0.4 is 0 Å². The molecule has 34 heavy (non-hydrogen) atoms. The molecule has 13 heteroatoms. The number of rotatable bonds is 7. The number of halogens is 6. The third-order valence-corrected chi connectivity index (χ3v) is 6.14. The Kier molecular flexibility index (Phi) is 6.64. The Hall–Kier alpha value is -3.35. The summed E-state index contributed by atoms with van der Waals surface area (Å²) in [5.41, 5.74) is 1.80. The molecule has 2 aromatic carbocycles. The zero-order valence-corrected chi connectivity index (χ0v) is 18.5. The smallest absolute Gasteiger partial charge is 0.218 e. The molecule has 0 atom stereocenters. The van der Waals surface area contributed by atoms with Crippen LogP contribution in [0.4, 0.5) is 26.3 Å². The summed E-state index contributed by atoms with van der Waals surface area (Å²) in [7, 11) is 0. The molecule has 0 spiro atoms. The summed E-state index contributed by atoms with van der Waals surface area (Å²) in [6, 6.07) is 5.46. The van der Waals surface area contributed by atoms with Crippen molar-refractivity contribution in [1.82, 2.24) is 29.5 Å². The minimum absolute atomic E-state index is 0.0424. The third-order valence-electron chi connectivity index (χ3n) is 4.94. The lowest BCUT2D eigenvalue weighted by Gasteiger charge is -2.13. The molecule has 178 valence electrons. The fourth-order valence-electron chi connectivity index (χ4n) is 3.15. The highest BCUT2D eigenvalue weighted by atomic mass is 32.2. The zero-order valence-electron chi connectivity index (χ0n) is 17.7. The molecule has 0 bridgehead atoms. The summed E-state index contributed by atoms with van der Waals surface area (Å²) >= 11 is 1.30. The van der Waals surface area contributed by atoms with Gasteiger partial charge in [0.25, 0.3) is 12.9 Å². The van der Waals surface area contributed by atoms with Gasteiger partial charge in [-0.05, 0) is 54.8 Å². The Morgan fingerprint density at radius 2 is 1.26 bits per heavy atom. The van der Waals surface area contributed by atoms with Gasteiger partial charge in [0.1, 0.15) is 35.7 Å². The summed E-state index contributed by atoms with van der Waals surface area (Å²) in [5.74, 6) is -2.42. The first kappa shape index (κ1) is 23.8. The molecule has 0 unspecified atom stereocenters. The molecule has 0 aliphatic carbocycles. The van der Waals surface area contributed by atoms with Crippen molar-refractivity contribution in [3.8, 4) is 11.4 Å². The van der Waals surface area contributed by atoms with Crippen LogP contribution in [-0.2, 0) is 5.75 Å². The predicted octanol–water partition coefficient (Wildman–Crippen LogP) is 5.91. The average molecular weight is 498 g/mol. The molecule has 0 N–H and O–H groups in total. The van der Waals surface area contributed by atoms with E-state index in [1.807, 2.05) is 0 Å². The van der Waals surface area contributed by atoms with E-state index in [2.05, 4.69) is 20.2 Å². The van der Waals surface area contributed by atoms with Crippen molar-refractivity contribution in [2.45, 2.75) is 37.3 Å². The number of hydrogen-bond acceptors (Lipinski definition) is 5. The van der Waals surface area contributed by atoms with Gasteiger partial charge < -0.3 is 0 Å². The molecule has 4 aromatic rings. The van der Waals surface area contributed by atoms with Crippen LogP contribution in [0.25, 0.3) is 11.4 Å². The molecule has 6 nitrogen and oxygen atoms in total. The quantitative estimate of drug-likeness (QED) is 0.234. The Balaban J connectivity index is 1.61. The van der Waals surface area contributed by atoms with E-state index < -0.39 is 36.1 Å². The molecule has 0 fully saturated rings. The first-order chi connectivity index (χ1) is 16.1. The molecule has 0 aliphatic rings. The highest BCUT2D eigenvalue weighted by Crippen LogP contribution is 2.32. The zero-order chi connectivity index (χ0) is 24.6. The summed E-state index contributed by atoms with van der Waals surface area (Å²) in [6.07, 6.45) is -3.76. The van der Waals surface area contributed by atoms with Gasteiger partial charge in [-0.3, -0.25) is 0 Å². The van der Waals surface area contributed by atoms with Crippen LogP contribution in [0.15, 0.2) is 41.8 Å². The normalized spacial score (nSPS) is 11.7. The summed E-state index contributed by atoms with van der Waals surface area (Å²) in [5, 5.41) is 7.22. The molecule has 0 saturated heterocycles. The van der Waals surface area contributed by atoms with Crippen LogP contribution >= 0.6 is 11.8 Å². The van der Waals surface area contributed by atoms with Crippen LogP contribution in [0.1, 0.15) is 41.2 Å². The maximum Gasteiger partial charge on any atom is 0.299 e. The lowest BCUT2D eigenvalue weighted by atomic mass is 10.1. The van der Waals surface area contributed by atoms with Crippen molar-refractivity contribution in [3.05, 3.63) is 76.9 Å². The number of hydrogen-bond donors (Lipinski definition) is 0. The fourth-order valence-corrected chi connectivity index (χ4v) is 4.25. The van der Waals surface area contributed by atoms with Crippen LogP contribution in [0.2, 0.25) is 0 Å². The van der Waals surface area contributed by atoms with Crippen LogP contribution in [0, 0.1) is 25.5 Å². The molecule has 2 aromatic heterocycles. The first-order valence-electron chi connectivity index (χ1n) is 9.76. The van der Waals surface area contributed by atoms with Gasteiger partial charge in [-0.2, -0.15) is 0 Å². The van der Waals surface area contributed by atoms with Crippen molar-refractivity contribution in [1.29, 1.82) is 0 Å². The highest BCUT2D eigenvalue weighted by Gasteiger charge is 2.18. The number of benzene rings is 2. The number of thioether (sulfide) groups is 1. The van der Waals surface area contributed by atoms with Crippen molar-refractivity contribution >= 4 is 11.8 Å². The van der Waals surface area contributed by atoms with Gasteiger partial charge in [-0.15, -0.1) is 22.0 Å². The maximum atomic E-state index is 14.5. The van der Waals surface area contributed by atoms with Crippen molar-refractivity contribution < 1.29 is 26.3 Å². The molecule has 2 heterocycles. The molecule has 0 amide bonds. The van der Waals surface area contributed by atoms with Gasteiger partial charge in [-0.1, -0.05) is 0 Å². The van der Waals surface area contributed by atoms with E-state index in [1.165, 1.54) is 36.0 Å². The maximum absolute atomic E-state index is 14.5. The third kappa shape index (κ3) is 4.79. The molecule has 0 radical (unpaired) electrons. The molecule has 0 aliphatic heterocycles. The highest BCUT2D eigenvalue weighted by molar-refractivity contribution is 7.98. The number of aromatic nitrogens is 6. The Morgan fingerprint density at radius 3 is 1.76 bits per heavy atom. The van der Waals surface area contributed by atoms with Gasteiger partial charge in [-0.25, -0.2) is 45.7 Å². The van der Waals surface area contributed by atoms with Crippen LogP contribution in [0.5, 0.6) is 0 Å². The van der Waals surface area contributed by atoms with Crippen molar-refractivity contribution in [2.24, 2.45) is 0 Å². The topological polar surface area (TPSA) is 61.4 Å². The minimum atomic E-state index is -2.89. The first-order valence-corrected chi connectivity index (χ1v) is 10.7. The average Bonchev–Trinajstić information content (AvgIpc) is 3.44. The van der Waals surface area contributed by atoms with Gasteiger partial charge in [0.2, 0.25) is 11.6 Å².